The number of fused-ring (bicyclic) bond motifs is 4. The van der Waals surface area contributed by atoms with Crippen molar-refractivity contribution in [1.29, 1.82) is 0 Å². The molecule has 8 aromatic rings. The minimum Gasteiger partial charge on any atom is -0.493 e. The third-order valence-corrected chi connectivity index (χ3v) is 14.5. The normalized spacial score (nSPS) is 15.6. The molecular formula is C52H63BN12O4. The zero-order valence-electron chi connectivity index (χ0n) is 40.6. The summed E-state index contributed by atoms with van der Waals surface area (Å²) in [5.74, 6) is 2.44. The van der Waals surface area contributed by atoms with E-state index in [1.165, 1.54) is 33.0 Å². The Balaban J connectivity index is 0.653. The molecule has 0 atom stereocenters. The second-order valence-corrected chi connectivity index (χ2v) is 19.5. The van der Waals surface area contributed by atoms with Gasteiger partial charge in [-0.25, -0.2) is 19.0 Å². The van der Waals surface area contributed by atoms with Gasteiger partial charge in [0.15, 0.2) is 34.4 Å². The lowest BCUT2D eigenvalue weighted by Gasteiger charge is -2.32. The van der Waals surface area contributed by atoms with Crippen LogP contribution in [-0.2, 0) is 0 Å². The molecule has 2 aromatic carbocycles. The average molecular weight is 931 g/mol. The lowest BCUT2D eigenvalue weighted by atomic mass is 9.76. The third-order valence-electron chi connectivity index (χ3n) is 14.5. The van der Waals surface area contributed by atoms with Crippen LogP contribution in [0.3, 0.4) is 0 Å². The number of hydrogen-bond donors (Lipinski definition) is 4. The predicted octanol–water partition coefficient (Wildman–Crippen LogP) is 8.25. The van der Waals surface area contributed by atoms with E-state index in [4.69, 9.17) is 9.47 Å². The van der Waals surface area contributed by atoms with Crippen LogP contribution in [-0.4, -0.2) is 134 Å². The summed E-state index contributed by atoms with van der Waals surface area (Å²) >= 11 is 0. The first-order valence-electron chi connectivity index (χ1n) is 24.6. The number of aromatic nitrogens is 8. The summed E-state index contributed by atoms with van der Waals surface area (Å²) in [4.78, 5) is 46.5. The predicted molar refractivity (Wildman–Crippen MR) is 273 cm³/mol. The number of likely N-dealkylation sites (tertiary alicyclic amines) is 2. The van der Waals surface area contributed by atoms with Gasteiger partial charge in [-0.15, -0.1) is 0 Å². The van der Waals surface area contributed by atoms with Gasteiger partial charge in [-0.2, -0.15) is 10.2 Å². The lowest BCUT2D eigenvalue weighted by Crippen LogP contribution is -2.44. The summed E-state index contributed by atoms with van der Waals surface area (Å²) in [6.45, 7) is 15.4. The molecule has 2 aliphatic heterocycles. The molecule has 10 rings (SSSR count). The first kappa shape index (κ1) is 46.0. The molecule has 2 aliphatic rings. The fourth-order valence-corrected chi connectivity index (χ4v) is 10.9. The zero-order valence-corrected chi connectivity index (χ0v) is 40.6. The van der Waals surface area contributed by atoms with Gasteiger partial charge < -0.3 is 39.9 Å². The molecule has 16 nitrogen and oxygen atoms in total. The average Bonchev–Trinajstić information content (AvgIpc) is 4.18. The number of nitrogens with one attached hydrogen (secondary N) is 4. The number of H-pyrrole nitrogens is 2. The molecule has 8 heterocycles. The van der Waals surface area contributed by atoms with Crippen LogP contribution in [0.5, 0.6) is 11.5 Å². The van der Waals surface area contributed by atoms with Gasteiger partial charge in [-0.05, 0) is 134 Å². The third kappa shape index (κ3) is 9.41. The molecular weight excluding hydrogens is 867 g/mol. The number of ether oxygens (including phenoxy) is 2. The second-order valence-electron chi connectivity index (χ2n) is 19.5. The van der Waals surface area contributed by atoms with Crippen molar-refractivity contribution >= 4 is 52.0 Å². The number of nitrogens with zero attached hydrogens (tertiary/aromatic N) is 8. The van der Waals surface area contributed by atoms with E-state index in [0.717, 1.165) is 98.5 Å². The van der Waals surface area contributed by atoms with Gasteiger partial charge in [0.25, 0.3) is 0 Å². The van der Waals surface area contributed by atoms with Crippen LogP contribution >= 0.6 is 0 Å². The molecule has 358 valence electrons. The van der Waals surface area contributed by atoms with Crippen molar-refractivity contribution in [2.75, 3.05) is 66.6 Å². The SMILES string of the molecule is COc1cc(-c2[nH]c3ccc(C4CCN(CCNC(=O)BC(=O)NCCN5CCC(c6ccc7[nH]c(-c8cc(OC)c9ncnn9c8)c(C(C)C)c7c6)CC5)CC4)cc3c2C(C)C)cn2ncnc12. The van der Waals surface area contributed by atoms with Crippen LogP contribution in [0.15, 0.2) is 73.6 Å². The summed E-state index contributed by atoms with van der Waals surface area (Å²) in [6, 6.07) is 17.8. The highest BCUT2D eigenvalue weighted by Crippen LogP contribution is 2.41. The molecule has 0 radical (unpaired) electrons. The number of hydrogen-bond acceptors (Lipinski definition) is 10. The summed E-state index contributed by atoms with van der Waals surface area (Å²) < 4.78 is 14.9. The highest BCUT2D eigenvalue weighted by atomic mass is 16.5. The molecule has 0 aliphatic carbocycles. The largest absolute Gasteiger partial charge is 0.493 e. The van der Waals surface area contributed by atoms with Gasteiger partial charge in [-0.3, -0.25) is 9.59 Å². The summed E-state index contributed by atoms with van der Waals surface area (Å²) in [5.41, 5.74) is 13.1. The van der Waals surface area contributed by atoms with Gasteiger partial charge in [0, 0.05) is 71.5 Å². The Bertz CT molecular complexity index is 2930. The maximum atomic E-state index is 12.8. The van der Waals surface area contributed by atoms with Gasteiger partial charge in [-0.1, -0.05) is 39.8 Å². The van der Waals surface area contributed by atoms with E-state index in [1.807, 2.05) is 24.5 Å². The van der Waals surface area contributed by atoms with E-state index in [0.29, 0.717) is 59.6 Å². The molecule has 2 saturated heterocycles. The molecule has 2 amide bonds. The molecule has 6 aromatic heterocycles. The van der Waals surface area contributed by atoms with Crippen molar-refractivity contribution in [3.05, 3.63) is 95.8 Å². The number of benzene rings is 2. The maximum absolute atomic E-state index is 12.8. The highest BCUT2D eigenvalue weighted by molar-refractivity contribution is 6.96. The lowest BCUT2D eigenvalue weighted by molar-refractivity contribution is 0.211. The minimum absolute atomic E-state index is 0.154. The van der Waals surface area contributed by atoms with Crippen LogP contribution in [0.4, 0.5) is 9.59 Å². The second kappa shape index (κ2) is 19.7. The van der Waals surface area contributed by atoms with E-state index < -0.39 is 0 Å². The van der Waals surface area contributed by atoms with Gasteiger partial charge in [0.2, 0.25) is 0 Å². The number of carbonyl (C=O) groups is 2. The van der Waals surface area contributed by atoms with Crippen molar-refractivity contribution in [1.82, 2.24) is 59.6 Å². The van der Waals surface area contributed by atoms with Gasteiger partial charge in [0.05, 0.1) is 25.6 Å². The Labute approximate surface area is 402 Å². The standard InChI is InChI=1S/C52H63BN12O4/c1-31(2)45-39-23-35(7-9-41(39)60-47(45)37-25-43(68-5)49-56-29-58-64(49)27-37)33-11-17-62(18-12-33)21-15-54-51(66)53-52(67)55-16-22-63-19-13-34(14-20-63)36-8-10-42-40(24-36)46(32(3)4)48(61-42)38-26-44(69-6)50-57-30-59-65(50)28-38/h7-10,23-34,53,60-61H,11-22H2,1-6H3,(H,54,66)(H,55,67). The van der Waals surface area contributed by atoms with E-state index in [-0.39, 0.29) is 18.9 Å². The van der Waals surface area contributed by atoms with Crippen molar-refractivity contribution < 1.29 is 19.1 Å². The Hall–Kier alpha value is -6.72. The molecule has 2 fully saturated rings. The van der Waals surface area contributed by atoms with Crippen LogP contribution in [0.2, 0.25) is 0 Å². The number of aromatic amines is 2. The fraction of sp³-hybridized carbons (Fsp3) is 0.423. The molecule has 69 heavy (non-hydrogen) atoms. The summed E-state index contributed by atoms with van der Waals surface area (Å²) in [5, 5.41) is 17.2. The monoisotopic (exact) mass is 931 g/mol. The van der Waals surface area contributed by atoms with Crippen molar-refractivity contribution in [2.45, 2.75) is 77.0 Å². The molecule has 0 unspecified atom stereocenters. The van der Waals surface area contributed by atoms with Crippen molar-refractivity contribution in [3.8, 4) is 34.0 Å². The number of carbonyl (C=O) groups excluding carboxylic acids is 2. The smallest absolute Gasteiger partial charge is 0.340 e. The van der Waals surface area contributed by atoms with E-state index in [1.54, 1.807) is 35.9 Å². The van der Waals surface area contributed by atoms with Crippen molar-refractivity contribution in [3.63, 3.8) is 0 Å². The summed E-state index contributed by atoms with van der Waals surface area (Å²) in [7, 11) is 3.17. The first-order chi connectivity index (χ1) is 33.5. The number of amides is 2. The maximum Gasteiger partial charge on any atom is 0.340 e. The number of pyridine rings is 2. The van der Waals surface area contributed by atoms with Gasteiger partial charge in [0.1, 0.15) is 12.7 Å². The molecule has 0 spiro atoms. The first-order valence-corrected chi connectivity index (χ1v) is 24.6. The van der Waals surface area contributed by atoms with Crippen LogP contribution in [0.25, 0.3) is 55.6 Å². The summed E-state index contributed by atoms with van der Waals surface area (Å²) in [6.07, 6.45) is 11.3. The quantitative estimate of drug-likeness (QED) is 0.0691. The highest BCUT2D eigenvalue weighted by Gasteiger charge is 2.26. The molecule has 17 heteroatoms. The van der Waals surface area contributed by atoms with Gasteiger partial charge >= 0.3 is 7.28 Å². The Morgan fingerprint density at radius 3 is 1.46 bits per heavy atom. The molecule has 0 saturated carbocycles. The fourth-order valence-electron chi connectivity index (χ4n) is 10.9. The number of methoxy groups -OCH3 is 2. The van der Waals surface area contributed by atoms with E-state index >= 15 is 0 Å². The van der Waals surface area contributed by atoms with Crippen LogP contribution in [0.1, 0.15) is 99.3 Å². The zero-order chi connectivity index (χ0) is 47.8. The molecule has 4 N–H and O–H groups in total. The minimum atomic E-state index is -0.230. The van der Waals surface area contributed by atoms with Crippen molar-refractivity contribution in [2.24, 2.45) is 0 Å². The Kier molecular flexibility index (Phi) is 13.2. The van der Waals surface area contributed by atoms with Crippen LogP contribution in [0, 0.1) is 0 Å². The molecule has 0 bridgehead atoms. The number of piperidine rings is 2. The van der Waals surface area contributed by atoms with E-state index in [9.17, 15) is 9.59 Å². The topological polar surface area (TPSA) is 175 Å². The Morgan fingerprint density at radius 1 is 0.652 bits per heavy atom. The van der Waals surface area contributed by atoms with Crippen LogP contribution < -0.4 is 20.1 Å². The number of rotatable bonds is 16. The van der Waals surface area contributed by atoms with E-state index in [2.05, 4.69) is 115 Å². The Morgan fingerprint density at radius 2 is 1.07 bits per heavy atom.